The summed E-state index contributed by atoms with van der Waals surface area (Å²) in [6.45, 7) is 0.584. The first-order chi connectivity index (χ1) is 16.0. The average molecular weight is 454 g/mol. The first-order valence-electron chi connectivity index (χ1n) is 11.9. The van der Waals surface area contributed by atoms with Gasteiger partial charge in [-0.1, -0.05) is 50.3 Å². The average Bonchev–Trinajstić information content (AvgIpc) is 3.44. The van der Waals surface area contributed by atoms with Gasteiger partial charge in [0.2, 0.25) is 11.8 Å². The molecule has 2 aromatic rings. The number of carbonyl (C=O) groups is 4. The Balaban J connectivity index is 1.45. The Labute approximate surface area is 192 Å². The van der Waals surface area contributed by atoms with Crippen LogP contribution in [0.15, 0.2) is 34.7 Å². The lowest BCUT2D eigenvalue weighted by Gasteiger charge is -2.27. The Bertz CT molecular complexity index is 977. The number of carbonyl (C=O) groups excluding carboxylic acids is 4. The highest BCUT2D eigenvalue weighted by Crippen LogP contribution is 2.28. The van der Waals surface area contributed by atoms with Crippen molar-refractivity contribution in [2.75, 3.05) is 6.54 Å². The molecule has 2 heterocycles. The Hall–Kier alpha value is -3.16. The van der Waals surface area contributed by atoms with E-state index in [0.717, 1.165) is 31.1 Å². The van der Waals surface area contributed by atoms with E-state index in [2.05, 4.69) is 16.0 Å². The van der Waals surface area contributed by atoms with Crippen LogP contribution in [0, 0.1) is 11.8 Å². The second-order valence-corrected chi connectivity index (χ2v) is 9.18. The molecule has 3 N–H and O–H groups in total. The number of hydrogen-bond acceptors (Lipinski definition) is 5. The van der Waals surface area contributed by atoms with Crippen molar-refractivity contribution in [3.8, 4) is 0 Å². The number of aldehydes is 1. The summed E-state index contributed by atoms with van der Waals surface area (Å²) < 4.78 is 5.66. The van der Waals surface area contributed by atoms with Crippen LogP contribution in [0.3, 0.4) is 0 Å². The number of rotatable bonds is 9. The standard InChI is InChI=1S/C25H31N3O5/c29-15-19(13-18-10-11-26-23(18)30)27-24(31)20(12-16-6-2-1-3-7-16)28-25(32)22-14-17-8-4-5-9-21(17)33-22/h4-5,8-9,14-16,18-20H,1-3,6-7,10-13H2,(H,26,30)(H,27,31)(H,28,32)/t18-,19-,20-/m0/s1. The maximum atomic E-state index is 13.2. The van der Waals surface area contributed by atoms with Gasteiger partial charge >= 0.3 is 0 Å². The van der Waals surface area contributed by atoms with Crippen molar-refractivity contribution in [3.63, 3.8) is 0 Å². The highest BCUT2D eigenvalue weighted by molar-refractivity contribution is 5.99. The van der Waals surface area contributed by atoms with Gasteiger partial charge in [-0.3, -0.25) is 14.4 Å². The number of nitrogens with one attached hydrogen (secondary N) is 3. The molecule has 8 nitrogen and oxygen atoms in total. The molecule has 1 saturated carbocycles. The van der Waals surface area contributed by atoms with Crippen LogP contribution >= 0.6 is 0 Å². The van der Waals surface area contributed by atoms with Crippen LogP contribution in [0.25, 0.3) is 11.0 Å². The molecule has 2 aliphatic rings. The minimum Gasteiger partial charge on any atom is -0.451 e. The molecule has 176 valence electrons. The van der Waals surface area contributed by atoms with Crippen LogP contribution in [-0.4, -0.2) is 42.6 Å². The predicted molar refractivity (Wildman–Crippen MR) is 122 cm³/mol. The van der Waals surface area contributed by atoms with Gasteiger partial charge in [0, 0.05) is 17.8 Å². The molecule has 1 aromatic heterocycles. The van der Waals surface area contributed by atoms with Crippen molar-refractivity contribution in [2.45, 2.75) is 63.5 Å². The summed E-state index contributed by atoms with van der Waals surface area (Å²) in [5.41, 5.74) is 0.604. The molecular weight excluding hydrogens is 422 g/mol. The summed E-state index contributed by atoms with van der Waals surface area (Å²) in [6.07, 6.45) is 7.54. The molecule has 0 radical (unpaired) electrons. The molecule has 4 rings (SSSR count). The smallest absolute Gasteiger partial charge is 0.287 e. The molecule has 33 heavy (non-hydrogen) atoms. The van der Waals surface area contributed by atoms with Crippen molar-refractivity contribution in [1.82, 2.24) is 16.0 Å². The quantitative estimate of drug-likeness (QED) is 0.505. The van der Waals surface area contributed by atoms with E-state index in [-0.39, 0.29) is 24.0 Å². The van der Waals surface area contributed by atoms with Crippen molar-refractivity contribution in [1.29, 1.82) is 0 Å². The number of benzene rings is 1. The summed E-state index contributed by atoms with van der Waals surface area (Å²) in [5, 5.41) is 9.15. The van der Waals surface area contributed by atoms with Crippen LogP contribution in [0.4, 0.5) is 0 Å². The molecule has 0 unspecified atom stereocenters. The van der Waals surface area contributed by atoms with E-state index in [0.29, 0.717) is 37.2 Å². The second-order valence-electron chi connectivity index (χ2n) is 9.18. The van der Waals surface area contributed by atoms with Gasteiger partial charge in [-0.25, -0.2) is 0 Å². The number of amides is 3. The van der Waals surface area contributed by atoms with E-state index in [4.69, 9.17) is 4.42 Å². The maximum Gasteiger partial charge on any atom is 0.287 e. The molecule has 2 fully saturated rings. The molecule has 1 saturated heterocycles. The molecule has 0 spiro atoms. The highest BCUT2D eigenvalue weighted by Gasteiger charge is 2.31. The fourth-order valence-corrected chi connectivity index (χ4v) is 4.92. The van der Waals surface area contributed by atoms with Crippen molar-refractivity contribution >= 4 is 35.0 Å². The fraction of sp³-hybridized carbons (Fsp3) is 0.520. The monoisotopic (exact) mass is 453 g/mol. The zero-order chi connectivity index (χ0) is 23.2. The summed E-state index contributed by atoms with van der Waals surface area (Å²) in [7, 11) is 0. The molecule has 1 aliphatic carbocycles. The summed E-state index contributed by atoms with van der Waals surface area (Å²) >= 11 is 0. The van der Waals surface area contributed by atoms with Crippen LogP contribution in [-0.2, 0) is 14.4 Å². The fourth-order valence-electron chi connectivity index (χ4n) is 4.92. The number of hydrogen-bond donors (Lipinski definition) is 3. The van der Waals surface area contributed by atoms with Crippen LogP contribution < -0.4 is 16.0 Å². The molecular formula is C25H31N3O5. The van der Waals surface area contributed by atoms with Crippen molar-refractivity contribution in [2.24, 2.45) is 11.8 Å². The molecule has 3 amide bonds. The summed E-state index contributed by atoms with van der Waals surface area (Å²) in [5.74, 6) is -0.760. The first-order valence-corrected chi connectivity index (χ1v) is 11.9. The molecule has 1 aliphatic heterocycles. The molecule has 1 aromatic carbocycles. The summed E-state index contributed by atoms with van der Waals surface area (Å²) in [6, 6.07) is 7.44. The Kier molecular flexibility index (Phi) is 7.42. The third-order valence-corrected chi connectivity index (χ3v) is 6.76. The Morgan fingerprint density at radius 2 is 1.88 bits per heavy atom. The maximum absolute atomic E-state index is 13.2. The Morgan fingerprint density at radius 3 is 2.58 bits per heavy atom. The zero-order valence-corrected chi connectivity index (χ0v) is 18.7. The second kappa shape index (κ2) is 10.6. The van der Waals surface area contributed by atoms with Gasteiger partial charge in [-0.15, -0.1) is 0 Å². The van der Waals surface area contributed by atoms with Gasteiger partial charge in [0.1, 0.15) is 17.9 Å². The number of fused-ring (bicyclic) bond motifs is 1. The van der Waals surface area contributed by atoms with Gasteiger partial charge in [-0.2, -0.15) is 0 Å². The van der Waals surface area contributed by atoms with Crippen molar-refractivity contribution < 1.29 is 23.6 Å². The van der Waals surface area contributed by atoms with E-state index in [1.807, 2.05) is 18.2 Å². The number of furan rings is 1. The van der Waals surface area contributed by atoms with Gasteiger partial charge in [0.05, 0.1) is 6.04 Å². The largest absolute Gasteiger partial charge is 0.451 e. The van der Waals surface area contributed by atoms with E-state index in [9.17, 15) is 19.2 Å². The van der Waals surface area contributed by atoms with Gasteiger partial charge in [0.25, 0.3) is 5.91 Å². The van der Waals surface area contributed by atoms with E-state index in [1.165, 1.54) is 6.42 Å². The molecule has 0 bridgehead atoms. The lowest BCUT2D eigenvalue weighted by atomic mass is 9.84. The lowest BCUT2D eigenvalue weighted by molar-refractivity contribution is -0.127. The molecule has 8 heteroatoms. The van der Waals surface area contributed by atoms with Crippen LogP contribution in [0.2, 0.25) is 0 Å². The normalized spacial score (nSPS) is 20.7. The Morgan fingerprint density at radius 1 is 1.09 bits per heavy atom. The third-order valence-electron chi connectivity index (χ3n) is 6.76. The van der Waals surface area contributed by atoms with E-state index in [1.54, 1.807) is 12.1 Å². The van der Waals surface area contributed by atoms with Gasteiger partial charge < -0.3 is 25.2 Å². The van der Waals surface area contributed by atoms with Crippen LogP contribution in [0.1, 0.15) is 61.9 Å². The molecule has 3 atom stereocenters. The minimum atomic E-state index is -0.784. The lowest BCUT2D eigenvalue weighted by Crippen LogP contribution is -2.51. The highest BCUT2D eigenvalue weighted by atomic mass is 16.3. The van der Waals surface area contributed by atoms with E-state index < -0.39 is 23.9 Å². The van der Waals surface area contributed by atoms with Crippen LogP contribution in [0.5, 0.6) is 0 Å². The van der Waals surface area contributed by atoms with Gasteiger partial charge in [0.15, 0.2) is 5.76 Å². The zero-order valence-electron chi connectivity index (χ0n) is 18.7. The van der Waals surface area contributed by atoms with Crippen molar-refractivity contribution in [3.05, 3.63) is 36.1 Å². The first kappa shape index (κ1) is 23.0. The SMILES string of the molecule is O=C[C@H](C[C@@H]1CCNC1=O)NC(=O)[C@H](CC1CCCCC1)NC(=O)c1cc2ccccc2o1. The summed E-state index contributed by atoms with van der Waals surface area (Å²) in [4.78, 5) is 49.6. The number of para-hydroxylation sites is 1. The topological polar surface area (TPSA) is 118 Å². The van der Waals surface area contributed by atoms with Gasteiger partial charge in [-0.05, 0) is 37.3 Å². The minimum absolute atomic E-state index is 0.0898. The predicted octanol–water partition coefficient (Wildman–Crippen LogP) is 2.71. The third kappa shape index (κ3) is 5.80. The van der Waals surface area contributed by atoms with E-state index >= 15 is 0 Å².